The number of carbonyl (C=O) groups excluding carboxylic acids is 2. The van der Waals surface area contributed by atoms with Gasteiger partial charge >= 0.3 is 0 Å². The summed E-state index contributed by atoms with van der Waals surface area (Å²) in [7, 11) is 1.65. The van der Waals surface area contributed by atoms with Crippen molar-refractivity contribution in [1.29, 1.82) is 0 Å². The number of hydrogen-bond acceptors (Lipinski definition) is 3. The summed E-state index contributed by atoms with van der Waals surface area (Å²) in [5.41, 5.74) is 2.34. The summed E-state index contributed by atoms with van der Waals surface area (Å²) in [6.45, 7) is 7.90. The Bertz CT molecular complexity index is 794. The summed E-state index contributed by atoms with van der Waals surface area (Å²) in [6.07, 6.45) is 8.27. The van der Waals surface area contributed by atoms with Gasteiger partial charge in [0.05, 0.1) is 7.11 Å². The first-order valence-corrected chi connectivity index (χ1v) is 12.2. The van der Waals surface area contributed by atoms with Gasteiger partial charge < -0.3 is 15.4 Å². The largest absolute Gasteiger partial charge is 0.497 e. The van der Waals surface area contributed by atoms with E-state index in [0.29, 0.717) is 37.3 Å². The molecule has 1 aromatic rings. The fraction of sp³-hybridized carbons (Fsp3) is 0.630. The Balaban J connectivity index is 1.53. The van der Waals surface area contributed by atoms with Crippen LogP contribution in [0.4, 0.5) is 0 Å². The van der Waals surface area contributed by atoms with E-state index in [1.54, 1.807) is 7.11 Å². The number of amides is 2. The lowest BCUT2D eigenvalue weighted by Gasteiger charge is -2.37. The lowest BCUT2D eigenvalue weighted by atomic mass is 9.69. The average Bonchev–Trinajstić information content (AvgIpc) is 3.33. The maximum absolute atomic E-state index is 12.7. The molecule has 0 aliphatic heterocycles. The number of rotatable bonds is 9. The third-order valence-corrected chi connectivity index (χ3v) is 7.40. The summed E-state index contributed by atoms with van der Waals surface area (Å²) in [5, 5.41) is 6.30. The molecule has 1 fully saturated rings. The Morgan fingerprint density at radius 3 is 2.41 bits per heavy atom. The lowest BCUT2D eigenvalue weighted by Crippen LogP contribution is -2.39. The molecule has 0 heterocycles. The van der Waals surface area contributed by atoms with Gasteiger partial charge in [0.1, 0.15) is 5.75 Å². The molecule has 3 atom stereocenters. The highest BCUT2D eigenvalue weighted by Gasteiger charge is 2.33. The van der Waals surface area contributed by atoms with E-state index in [1.807, 2.05) is 24.3 Å². The molecule has 5 nitrogen and oxygen atoms in total. The van der Waals surface area contributed by atoms with Gasteiger partial charge in [-0.25, -0.2) is 0 Å². The molecule has 3 rings (SSSR count). The molecule has 176 valence electrons. The van der Waals surface area contributed by atoms with E-state index in [9.17, 15) is 9.59 Å². The van der Waals surface area contributed by atoms with Crippen molar-refractivity contribution in [2.45, 2.75) is 65.8 Å². The predicted molar refractivity (Wildman–Crippen MR) is 128 cm³/mol. The molecule has 0 bridgehead atoms. The monoisotopic (exact) mass is 440 g/mol. The molecule has 1 aromatic carbocycles. The average molecular weight is 441 g/mol. The zero-order valence-electron chi connectivity index (χ0n) is 20.2. The zero-order valence-corrected chi connectivity index (χ0v) is 20.2. The van der Waals surface area contributed by atoms with Crippen LogP contribution in [0.5, 0.6) is 5.75 Å². The summed E-state index contributed by atoms with van der Waals surface area (Å²) >= 11 is 0. The normalized spacial score (nSPS) is 23.7. The summed E-state index contributed by atoms with van der Waals surface area (Å²) in [5.74, 6) is 2.95. The van der Waals surface area contributed by atoms with Crippen LogP contribution in [0.15, 0.2) is 35.9 Å². The van der Waals surface area contributed by atoms with Gasteiger partial charge in [0, 0.05) is 25.4 Å². The molecule has 2 amide bonds. The first-order chi connectivity index (χ1) is 15.4. The van der Waals surface area contributed by atoms with E-state index in [0.717, 1.165) is 30.6 Å². The van der Waals surface area contributed by atoms with Gasteiger partial charge in [-0.3, -0.25) is 9.59 Å². The second-order valence-electron chi connectivity index (χ2n) is 9.97. The standard InChI is InChI=1S/C27H40N2O3/c1-18(2)25-14-22(15-26(30)28-16-20-9-11-24(32-4)12-10-20)19(3)13-23(25)17-29-27(31)21-7-5-6-8-21/h9-13,18,21-23,25H,5-8,14-17H2,1-4H3,(H,28,30)(H,29,31)/t22-,23-,25-/m0/s1. The first-order valence-electron chi connectivity index (χ1n) is 12.2. The Hall–Kier alpha value is -2.30. The van der Waals surface area contributed by atoms with E-state index >= 15 is 0 Å². The number of methoxy groups -OCH3 is 1. The van der Waals surface area contributed by atoms with E-state index in [-0.39, 0.29) is 23.7 Å². The van der Waals surface area contributed by atoms with E-state index in [2.05, 4.69) is 37.5 Å². The molecule has 0 spiro atoms. The van der Waals surface area contributed by atoms with Gasteiger partial charge in [-0.2, -0.15) is 0 Å². The Labute approximate surface area is 193 Å². The van der Waals surface area contributed by atoms with Crippen molar-refractivity contribution >= 4 is 11.8 Å². The van der Waals surface area contributed by atoms with Gasteiger partial charge in [-0.05, 0) is 67.6 Å². The molecule has 32 heavy (non-hydrogen) atoms. The molecule has 2 aliphatic carbocycles. The molecule has 2 N–H and O–H groups in total. The number of allylic oxidation sites excluding steroid dienone is 1. The highest BCUT2D eigenvalue weighted by Crippen LogP contribution is 2.39. The third-order valence-electron chi connectivity index (χ3n) is 7.40. The van der Waals surface area contributed by atoms with Crippen LogP contribution in [0.25, 0.3) is 0 Å². The Kier molecular flexibility index (Phi) is 8.77. The van der Waals surface area contributed by atoms with Crippen LogP contribution in [0, 0.1) is 29.6 Å². The zero-order chi connectivity index (χ0) is 23.1. The lowest BCUT2D eigenvalue weighted by molar-refractivity contribution is -0.125. The van der Waals surface area contributed by atoms with Crippen LogP contribution >= 0.6 is 0 Å². The van der Waals surface area contributed by atoms with Crippen LogP contribution in [0.1, 0.15) is 64.9 Å². The van der Waals surface area contributed by atoms with Crippen molar-refractivity contribution in [2.75, 3.05) is 13.7 Å². The fourth-order valence-electron chi connectivity index (χ4n) is 5.30. The van der Waals surface area contributed by atoms with Gasteiger partial charge in [-0.15, -0.1) is 0 Å². The minimum atomic E-state index is 0.0917. The Morgan fingerprint density at radius 1 is 1.09 bits per heavy atom. The Morgan fingerprint density at radius 2 is 1.78 bits per heavy atom. The van der Waals surface area contributed by atoms with Crippen molar-refractivity contribution in [3.05, 3.63) is 41.5 Å². The van der Waals surface area contributed by atoms with E-state index in [4.69, 9.17) is 4.74 Å². The summed E-state index contributed by atoms with van der Waals surface area (Å²) in [6, 6.07) is 7.77. The number of benzene rings is 1. The summed E-state index contributed by atoms with van der Waals surface area (Å²) in [4.78, 5) is 25.1. The second-order valence-corrected chi connectivity index (χ2v) is 9.97. The van der Waals surface area contributed by atoms with Gasteiger partial charge in [0.2, 0.25) is 11.8 Å². The molecule has 0 aromatic heterocycles. The van der Waals surface area contributed by atoms with Gasteiger partial charge in [0.15, 0.2) is 0 Å². The number of nitrogens with one attached hydrogen (secondary N) is 2. The molecular formula is C27H40N2O3. The maximum atomic E-state index is 12.7. The van der Waals surface area contributed by atoms with E-state index < -0.39 is 0 Å². The molecular weight excluding hydrogens is 400 g/mol. The minimum absolute atomic E-state index is 0.0917. The first kappa shape index (κ1) is 24.3. The van der Waals surface area contributed by atoms with Crippen LogP contribution < -0.4 is 15.4 Å². The molecule has 0 unspecified atom stereocenters. The molecule has 0 saturated heterocycles. The van der Waals surface area contributed by atoms with Gasteiger partial charge in [0.25, 0.3) is 0 Å². The van der Waals surface area contributed by atoms with Gasteiger partial charge in [-0.1, -0.05) is 50.5 Å². The number of carbonyl (C=O) groups is 2. The highest BCUT2D eigenvalue weighted by molar-refractivity contribution is 5.79. The predicted octanol–water partition coefficient (Wildman–Crippen LogP) is 4.86. The topological polar surface area (TPSA) is 67.4 Å². The van der Waals surface area contributed by atoms with Crippen molar-refractivity contribution < 1.29 is 14.3 Å². The SMILES string of the molecule is COc1ccc(CNC(=O)C[C@@H]2C[C@@H](C(C)C)[C@H](CNC(=O)C3CCCC3)C=C2C)cc1. The smallest absolute Gasteiger partial charge is 0.223 e. The van der Waals surface area contributed by atoms with Crippen molar-refractivity contribution in [1.82, 2.24) is 10.6 Å². The molecule has 2 aliphatic rings. The summed E-state index contributed by atoms with van der Waals surface area (Å²) < 4.78 is 5.18. The van der Waals surface area contributed by atoms with Crippen molar-refractivity contribution in [3.8, 4) is 5.75 Å². The number of hydrogen-bond donors (Lipinski definition) is 2. The van der Waals surface area contributed by atoms with Crippen molar-refractivity contribution in [3.63, 3.8) is 0 Å². The van der Waals surface area contributed by atoms with Crippen LogP contribution in [0.2, 0.25) is 0 Å². The second kappa shape index (κ2) is 11.5. The van der Waals surface area contributed by atoms with Crippen molar-refractivity contribution in [2.24, 2.45) is 29.6 Å². The van der Waals surface area contributed by atoms with Crippen LogP contribution in [-0.4, -0.2) is 25.5 Å². The maximum Gasteiger partial charge on any atom is 0.223 e. The van der Waals surface area contributed by atoms with Crippen LogP contribution in [0.3, 0.4) is 0 Å². The third kappa shape index (κ3) is 6.60. The quantitative estimate of drug-likeness (QED) is 0.539. The molecule has 0 radical (unpaired) electrons. The molecule has 1 saturated carbocycles. The molecule has 5 heteroatoms. The minimum Gasteiger partial charge on any atom is -0.497 e. The number of ether oxygens (including phenoxy) is 1. The van der Waals surface area contributed by atoms with Crippen LogP contribution in [-0.2, 0) is 16.1 Å². The van der Waals surface area contributed by atoms with E-state index in [1.165, 1.54) is 18.4 Å². The highest BCUT2D eigenvalue weighted by atomic mass is 16.5. The fourth-order valence-corrected chi connectivity index (χ4v) is 5.30.